The first kappa shape index (κ1) is 12.8. The lowest BCUT2D eigenvalue weighted by Crippen LogP contribution is -2.15. The van der Waals surface area contributed by atoms with Crippen molar-refractivity contribution < 1.29 is 8.42 Å². The highest BCUT2D eigenvalue weighted by molar-refractivity contribution is 7.90. The molecule has 2 rings (SSSR count). The van der Waals surface area contributed by atoms with Crippen LogP contribution in [-0.4, -0.2) is 17.4 Å². The lowest BCUT2D eigenvalue weighted by atomic mass is 10.1. The van der Waals surface area contributed by atoms with E-state index < -0.39 is 10.0 Å². The van der Waals surface area contributed by atoms with E-state index >= 15 is 0 Å². The van der Waals surface area contributed by atoms with Crippen molar-refractivity contribution in [3.63, 3.8) is 0 Å². The number of nitrogens with zero attached hydrogens (tertiary/aromatic N) is 2. The molecule has 0 spiro atoms. The van der Waals surface area contributed by atoms with Crippen LogP contribution in [0.3, 0.4) is 0 Å². The molecular weight excluding hydrogens is 248 g/mol. The monoisotopic (exact) mass is 264 g/mol. The van der Waals surface area contributed by atoms with Crippen molar-refractivity contribution in [3.05, 3.63) is 47.0 Å². The normalized spacial score (nSPS) is 11.8. The van der Waals surface area contributed by atoms with E-state index in [2.05, 4.69) is 4.98 Å². The molecule has 0 aliphatic rings. The summed E-state index contributed by atoms with van der Waals surface area (Å²) in [4.78, 5) is 4.30. The van der Waals surface area contributed by atoms with Crippen molar-refractivity contribution >= 4 is 10.0 Å². The third-order valence-corrected chi connectivity index (χ3v) is 5.01. The smallest absolute Gasteiger partial charge is 0.241 e. The zero-order chi connectivity index (χ0) is 13.5. The number of aryl methyl sites for hydroxylation is 4. The van der Waals surface area contributed by atoms with Gasteiger partial charge in [-0.3, -0.25) is 0 Å². The summed E-state index contributed by atoms with van der Waals surface area (Å²) in [7, 11) is -3.54. The molecule has 0 atom stereocenters. The maximum Gasteiger partial charge on any atom is 0.269 e. The second-order valence-electron chi connectivity index (χ2n) is 4.48. The van der Waals surface area contributed by atoms with E-state index in [1.54, 1.807) is 13.0 Å². The van der Waals surface area contributed by atoms with Gasteiger partial charge in [0.1, 0.15) is 5.82 Å². The summed E-state index contributed by atoms with van der Waals surface area (Å²) in [5.74, 6) is 0.465. The van der Waals surface area contributed by atoms with Gasteiger partial charge in [0.05, 0.1) is 4.90 Å². The Morgan fingerprint density at radius 3 is 2.17 bits per heavy atom. The first-order valence-electron chi connectivity index (χ1n) is 5.67. The van der Waals surface area contributed by atoms with Crippen LogP contribution in [0.1, 0.15) is 22.5 Å². The van der Waals surface area contributed by atoms with E-state index in [4.69, 9.17) is 0 Å². The minimum absolute atomic E-state index is 0.340. The standard InChI is InChI=1S/C13H16N2O2S/c1-9-7-11(3)13(8-10(9)2)18(16,17)15-6-5-14-12(15)4/h5-8H,1-4H3. The van der Waals surface area contributed by atoms with Crippen molar-refractivity contribution in [2.24, 2.45) is 0 Å². The molecular formula is C13H16N2O2S. The van der Waals surface area contributed by atoms with Gasteiger partial charge in [0.25, 0.3) is 10.0 Å². The van der Waals surface area contributed by atoms with Crippen molar-refractivity contribution in [2.75, 3.05) is 0 Å². The van der Waals surface area contributed by atoms with Crippen molar-refractivity contribution in [1.29, 1.82) is 0 Å². The van der Waals surface area contributed by atoms with Crippen LogP contribution in [0.5, 0.6) is 0 Å². The number of imidazole rings is 1. The van der Waals surface area contributed by atoms with Gasteiger partial charge in [0.15, 0.2) is 0 Å². The number of benzene rings is 1. The summed E-state index contributed by atoms with van der Waals surface area (Å²) in [6.07, 6.45) is 2.96. The molecule has 4 nitrogen and oxygen atoms in total. The number of hydrogen-bond donors (Lipinski definition) is 0. The quantitative estimate of drug-likeness (QED) is 0.836. The molecule has 0 saturated heterocycles. The van der Waals surface area contributed by atoms with E-state index in [1.807, 2.05) is 26.8 Å². The van der Waals surface area contributed by atoms with Gasteiger partial charge in [0.2, 0.25) is 0 Å². The van der Waals surface area contributed by atoms with E-state index in [-0.39, 0.29) is 0 Å². The number of rotatable bonds is 2. The highest BCUT2D eigenvalue weighted by Crippen LogP contribution is 2.22. The Labute approximate surface area is 107 Å². The average molecular weight is 264 g/mol. The van der Waals surface area contributed by atoms with Crippen LogP contribution in [0.25, 0.3) is 0 Å². The SMILES string of the molecule is Cc1cc(C)c(S(=O)(=O)n2ccnc2C)cc1C. The van der Waals surface area contributed by atoms with Gasteiger partial charge in [-0.15, -0.1) is 0 Å². The van der Waals surface area contributed by atoms with Crippen LogP contribution in [0.15, 0.2) is 29.4 Å². The molecule has 0 unspecified atom stereocenters. The molecule has 18 heavy (non-hydrogen) atoms. The molecule has 0 amide bonds. The number of hydrogen-bond acceptors (Lipinski definition) is 3. The van der Waals surface area contributed by atoms with Gasteiger partial charge >= 0.3 is 0 Å². The predicted molar refractivity (Wildman–Crippen MR) is 70.2 cm³/mol. The van der Waals surface area contributed by atoms with Gasteiger partial charge in [0, 0.05) is 12.4 Å². The molecule has 5 heteroatoms. The summed E-state index contributed by atoms with van der Waals surface area (Å²) in [5.41, 5.74) is 2.82. The Hall–Kier alpha value is -1.62. The second-order valence-corrected chi connectivity index (χ2v) is 6.26. The Balaban J connectivity index is 2.70. The lowest BCUT2D eigenvalue weighted by molar-refractivity contribution is 0.585. The van der Waals surface area contributed by atoms with E-state index in [1.165, 1.54) is 16.4 Å². The molecule has 2 aromatic rings. The van der Waals surface area contributed by atoms with Crippen LogP contribution < -0.4 is 0 Å². The molecule has 1 aromatic heterocycles. The van der Waals surface area contributed by atoms with E-state index in [0.29, 0.717) is 10.7 Å². The minimum atomic E-state index is -3.54. The van der Waals surface area contributed by atoms with Crippen LogP contribution in [0.4, 0.5) is 0 Å². The highest BCUT2D eigenvalue weighted by atomic mass is 32.2. The molecule has 0 bridgehead atoms. The van der Waals surface area contributed by atoms with Crippen LogP contribution in [-0.2, 0) is 10.0 Å². The molecule has 0 N–H and O–H groups in total. The molecule has 0 aliphatic heterocycles. The summed E-state index contributed by atoms with van der Waals surface area (Å²) >= 11 is 0. The molecule has 0 radical (unpaired) electrons. The van der Waals surface area contributed by atoms with Gasteiger partial charge in [-0.2, -0.15) is 0 Å². The minimum Gasteiger partial charge on any atom is -0.241 e. The van der Waals surface area contributed by atoms with Gasteiger partial charge in [-0.05, 0) is 50.5 Å². The van der Waals surface area contributed by atoms with E-state index in [9.17, 15) is 8.42 Å². The van der Waals surface area contributed by atoms with Crippen LogP contribution in [0, 0.1) is 27.7 Å². The maximum atomic E-state index is 12.5. The van der Waals surface area contributed by atoms with Crippen LogP contribution >= 0.6 is 0 Å². The van der Waals surface area contributed by atoms with Gasteiger partial charge in [-0.25, -0.2) is 17.4 Å². The molecule has 1 aromatic carbocycles. The largest absolute Gasteiger partial charge is 0.269 e. The Morgan fingerprint density at radius 1 is 1.00 bits per heavy atom. The first-order valence-corrected chi connectivity index (χ1v) is 7.11. The summed E-state index contributed by atoms with van der Waals surface area (Å²) < 4.78 is 26.3. The number of aromatic nitrogens is 2. The third-order valence-electron chi connectivity index (χ3n) is 3.11. The maximum absolute atomic E-state index is 12.5. The van der Waals surface area contributed by atoms with E-state index in [0.717, 1.165) is 16.7 Å². The van der Waals surface area contributed by atoms with Gasteiger partial charge < -0.3 is 0 Å². The molecule has 0 fully saturated rings. The topological polar surface area (TPSA) is 52.0 Å². The average Bonchev–Trinajstić information content (AvgIpc) is 2.70. The summed E-state index contributed by atoms with van der Waals surface area (Å²) in [6.45, 7) is 7.37. The third kappa shape index (κ3) is 1.95. The summed E-state index contributed by atoms with van der Waals surface area (Å²) in [6, 6.07) is 3.62. The fraction of sp³-hybridized carbons (Fsp3) is 0.308. The summed E-state index contributed by atoms with van der Waals surface area (Å²) in [5, 5.41) is 0. The fourth-order valence-electron chi connectivity index (χ4n) is 1.94. The predicted octanol–water partition coefficient (Wildman–Crippen LogP) is 2.35. The molecule has 0 saturated carbocycles. The molecule has 0 aliphatic carbocycles. The van der Waals surface area contributed by atoms with Gasteiger partial charge in [-0.1, -0.05) is 6.07 Å². The highest BCUT2D eigenvalue weighted by Gasteiger charge is 2.21. The Kier molecular flexibility index (Phi) is 3.02. The second kappa shape index (κ2) is 4.24. The van der Waals surface area contributed by atoms with Crippen molar-refractivity contribution in [3.8, 4) is 0 Å². The first-order chi connectivity index (χ1) is 8.34. The lowest BCUT2D eigenvalue weighted by Gasteiger charge is -2.12. The zero-order valence-electron chi connectivity index (χ0n) is 10.9. The van der Waals surface area contributed by atoms with Crippen molar-refractivity contribution in [1.82, 2.24) is 8.96 Å². The fourth-order valence-corrected chi connectivity index (χ4v) is 3.55. The van der Waals surface area contributed by atoms with Crippen molar-refractivity contribution in [2.45, 2.75) is 32.6 Å². The molecule has 96 valence electrons. The van der Waals surface area contributed by atoms with Crippen LogP contribution in [0.2, 0.25) is 0 Å². The Morgan fingerprint density at radius 2 is 1.61 bits per heavy atom. The Bertz CT molecular complexity index is 700. The molecule has 1 heterocycles. The zero-order valence-corrected chi connectivity index (χ0v) is 11.7.